The van der Waals surface area contributed by atoms with Crippen LogP contribution >= 0.6 is 0 Å². The molecule has 0 radical (unpaired) electrons. The molecule has 1 fully saturated rings. The predicted octanol–water partition coefficient (Wildman–Crippen LogP) is 1.20. The molecule has 1 unspecified atom stereocenters. The highest BCUT2D eigenvalue weighted by molar-refractivity contribution is 6.01. The van der Waals surface area contributed by atoms with Crippen LogP contribution in [-0.4, -0.2) is 48.4 Å². The molecule has 0 aromatic carbocycles. The maximum Gasteiger partial charge on any atom is 0.139 e. The summed E-state index contributed by atoms with van der Waals surface area (Å²) in [4.78, 5) is 9.12. The van der Waals surface area contributed by atoms with Crippen molar-refractivity contribution in [2.24, 2.45) is 5.73 Å². The van der Waals surface area contributed by atoms with E-state index in [4.69, 9.17) is 11.1 Å². The van der Waals surface area contributed by atoms with Gasteiger partial charge < -0.3 is 10.6 Å². The minimum atomic E-state index is 0.104. The van der Waals surface area contributed by atoms with E-state index in [1.807, 2.05) is 13.0 Å². The van der Waals surface area contributed by atoms with Crippen LogP contribution in [0, 0.1) is 12.3 Å². The lowest BCUT2D eigenvalue weighted by molar-refractivity contribution is 0.213. The Kier molecular flexibility index (Phi) is 4.04. The summed E-state index contributed by atoms with van der Waals surface area (Å²) in [5.41, 5.74) is 7.52. The van der Waals surface area contributed by atoms with Gasteiger partial charge in [0.1, 0.15) is 11.7 Å². The zero-order chi connectivity index (χ0) is 14.0. The Morgan fingerprint density at radius 2 is 2.26 bits per heavy atom. The first kappa shape index (κ1) is 13.8. The van der Waals surface area contributed by atoms with Gasteiger partial charge in [0.2, 0.25) is 0 Å². The number of nitrogen functional groups attached to an aromatic ring is 1. The van der Waals surface area contributed by atoms with Gasteiger partial charge >= 0.3 is 0 Å². The average Bonchev–Trinajstić information content (AvgIpc) is 2.38. The first-order chi connectivity index (χ1) is 9.04. The monoisotopic (exact) mass is 261 g/mol. The molecule has 19 heavy (non-hydrogen) atoms. The lowest BCUT2D eigenvalue weighted by Crippen LogP contribution is -2.51. The average molecular weight is 261 g/mol. The summed E-state index contributed by atoms with van der Waals surface area (Å²) in [6.07, 6.45) is 2.92. The maximum absolute atomic E-state index is 7.77. The van der Waals surface area contributed by atoms with Gasteiger partial charge in [0.15, 0.2) is 0 Å². The fourth-order valence-corrected chi connectivity index (χ4v) is 2.70. The zero-order valence-electron chi connectivity index (χ0n) is 12.0. The number of anilines is 1. The van der Waals surface area contributed by atoms with E-state index < -0.39 is 0 Å². The van der Waals surface area contributed by atoms with E-state index in [2.05, 4.69) is 28.8 Å². The highest BCUT2D eigenvalue weighted by Gasteiger charge is 2.26. The molecular formula is C14H23N5. The summed E-state index contributed by atoms with van der Waals surface area (Å²) < 4.78 is 0. The van der Waals surface area contributed by atoms with Crippen LogP contribution in [0.1, 0.15) is 24.5 Å². The first-order valence-electron chi connectivity index (χ1n) is 6.79. The summed E-state index contributed by atoms with van der Waals surface area (Å²) in [6.45, 7) is 7.09. The molecule has 1 atom stereocenters. The quantitative estimate of drug-likeness (QED) is 0.634. The number of hydrogen-bond donors (Lipinski definition) is 2. The number of piperazine rings is 1. The number of aryl methyl sites for hydroxylation is 1. The van der Waals surface area contributed by atoms with E-state index in [1.165, 1.54) is 0 Å². The SMILES string of the molecule is CCC1CN(c2nccc(C)c2C(=N)N)CCN1C. The van der Waals surface area contributed by atoms with Crippen molar-refractivity contribution in [3.05, 3.63) is 23.4 Å². The lowest BCUT2D eigenvalue weighted by Gasteiger charge is -2.40. The van der Waals surface area contributed by atoms with Crippen LogP contribution in [0.3, 0.4) is 0 Å². The molecule has 0 amide bonds. The van der Waals surface area contributed by atoms with Gasteiger partial charge in [-0.2, -0.15) is 0 Å². The molecule has 0 aliphatic carbocycles. The number of likely N-dealkylation sites (N-methyl/N-ethyl adjacent to an activating group) is 1. The molecule has 1 aromatic heterocycles. The predicted molar refractivity (Wildman–Crippen MR) is 78.9 cm³/mol. The smallest absolute Gasteiger partial charge is 0.139 e. The molecule has 1 aliphatic rings. The van der Waals surface area contributed by atoms with E-state index in [1.54, 1.807) is 6.20 Å². The Hall–Kier alpha value is -1.62. The third-order valence-corrected chi connectivity index (χ3v) is 3.96. The van der Waals surface area contributed by atoms with Crippen LogP contribution in [0.5, 0.6) is 0 Å². The van der Waals surface area contributed by atoms with Crippen molar-refractivity contribution in [2.45, 2.75) is 26.3 Å². The lowest BCUT2D eigenvalue weighted by atomic mass is 10.1. The van der Waals surface area contributed by atoms with E-state index in [0.29, 0.717) is 6.04 Å². The summed E-state index contributed by atoms with van der Waals surface area (Å²) in [5.74, 6) is 0.964. The first-order valence-corrected chi connectivity index (χ1v) is 6.79. The van der Waals surface area contributed by atoms with Crippen LogP contribution in [-0.2, 0) is 0 Å². The Balaban J connectivity index is 2.32. The number of nitrogens with two attached hydrogens (primary N) is 1. The second-order valence-corrected chi connectivity index (χ2v) is 5.23. The van der Waals surface area contributed by atoms with Gasteiger partial charge in [-0.15, -0.1) is 0 Å². The van der Waals surface area contributed by atoms with E-state index in [0.717, 1.165) is 43.0 Å². The van der Waals surface area contributed by atoms with Crippen molar-refractivity contribution in [1.29, 1.82) is 5.41 Å². The number of amidine groups is 1. The zero-order valence-corrected chi connectivity index (χ0v) is 12.0. The number of nitrogens with one attached hydrogen (secondary N) is 1. The number of pyridine rings is 1. The molecule has 1 aliphatic heterocycles. The maximum atomic E-state index is 7.77. The summed E-state index contributed by atoms with van der Waals surface area (Å²) in [7, 11) is 2.17. The Morgan fingerprint density at radius 3 is 2.89 bits per heavy atom. The van der Waals surface area contributed by atoms with Gasteiger partial charge in [-0.1, -0.05) is 6.92 Å². The van der Waals surface area contributed by atoms with E-state index in [9.17, 15) is 0 Å². The van der Waals surface area contributed by atoms with Gasteiger partial charge in [0.25, 0.3) is 0 Å². The molecular weight excluding hydrogens is 238 g/mol. The molecule has 0 spiro atoms. The standard InChI is InChI=1S/C14H23N5/c1-4-11-9-19(8-7-18(11)3)14-12(13(15)16)10(2)5-6-17-14/h5-6,11H,4,7-9H2,1-3H3,(H3,15,16). The molecule has 0 bridgehead atoms. The van der Waals surface area contributed by atoms with Gasteiger partial charge in [-0.05, 0) is 32.0 Å². The van der Waals surface area contributed by atoms with Crippen LogP contribution in [0.4, 0.5) is 5.82 Å². The van der Waals surface area contributed by atoms with Gasteiger partial charge in [0.05, 0.1) is 5.56 Å². The minimum Gasteiger partial charge on any atom is -0.384 e. The van der Waals surface area contributed by atoms with Gasteiger partial charge in [0, 0.05) is 31.9 Å². The highest BCUT2D eigenvalue weighted by atomic mass is 15.3. The molecule has 5 nitrogen and oxygen atoms in total. The molecule has 104 valence electrons. The Morgan fingerprint density at radius 1 is 1.53 bits per heavy atom. The summed E-state index contributed by atoms with van der Waals surface area (Å²) in [5, 5.41) is 7.77. The molecule has 3 N–H and O–H groups in total. The van der Waals surface area contributed by atoms with Crippen molar-refractivity contribution in [3.63, 3.8) is 0 Å². The molecule has 2 rings (SSSR count). The third-order valence-electron chi connectivity index (χ3n) is 3.96. The van der Waals surface area contributed by atoms with Crippen LogP contribution < -0.4 is 10.6 Å². The van der Waals surface area contributed by atoms with Gasteiger partial charge in [-0.3, -0.25) is 10.3 Å². The van der Waals surface area contributed by atoms with Crippen molar-refractivity contribution < 1.29 is 0 Å². The number of nitrogens with zero attached hydrogens (tertiary/aromatic N) is 3. The molecule has 1 saturated heterocycles. The normalized spacial score (nSPS) is 20.6. The van der Waals surface area contributed by atoms with Crippen molar-refractivity contribution >= 4 is 11.7 Å². The minimum absolute atomic E-state index is 0.104. The van der Waals surface area contributed by atoms with E-state index in [-0.39, 0.29) is 5.84 Å². The molecule has 2 heterocycles. The highest BCUT2D eigenvalue weighted by Crippen LogP contribution is 2.23. The topological polar surface area (TPSA) is 69.2 Å². The second-order valence-electron chi connectivity index (χ2n) is 5.23. The largest absolute Gasteiger partial charge is 0.384 e. The molecule has 5 heteroatoms. The van der Waals surface area contributed by atoms with Crippen molar-refractivity contribution in [2.75, 3.05) is 31.6 Å². The van der Waals surface area contributed by atoms with Crippen molar-refractivity contribution in [3.8, 4) is 0 Å². The number of aromatic nitrogens is 1. The fourth-order valence-electron chi connectivity index (χ4n) is 2.70. The van der Waals surface area contributed by atoms with Crippen LogP contribution in [0.25, 0.3) is 0 Å². The Labute approximate surface area is 114 Å². The number of rotatable bonds is 3. The number of hydrogen-bond acceptors (Lipinski definition) is 4. The molecule has 1 aromatic rings. The van der Waals surface area contributed by atoms with Crippen LogP contribution in [0.15, 0.2) is 12.3 Å². The summed E-state index contributed by atoms with van der Waals surface area (Å²) in [6, 6.07) is 2.45. The Bertz CT molecular complexity index is 471. The van der Waals surface area contributed by atoms with E-state index >= 15 is 0 Å². The summed E-state index contributed by atoms with van der Waals surface area (Å²) >= 11 is 0. The second kappa shape index (κ2) is 5.57. The van der Waals surface area contributed by atoms with Crippen LogP contribution in [0.2, 0.25) is 0 Å². The van der Waals surface area contributed by atoms with Gasteiger partial charge in [-0.25, -0.2) is 4.98 Å². The third kappa shape index (κ3) is 2.71. The fraction of sp³-hybridized carbons (Fsp3) is 0.571. The molecule has 0 saturated carbocycles. The van der Waals surface area contributed by atoms with Crippen molar-refractivity contribution in [1.82, 2.24) is 9.88 Å².